The predicted molar refractivity (Wildman–Crippen MR) is 75.5 cm³/mol. The van der Waals surface area contributed by atoms with Crippen LogP contribution in [0.25, 0.3) is 11.3 Å². The van der Waals surface area contributed by atoms with Gasteiger partial charge in [-0.05, 0) is 33.3 Å². The molecule has 0 atom stereocenters. The van der Waals surface area contributed by atoms with Crippen LogP contribution in [0.3, 0.4) is 0 Å². The average molecular weight is 258 g/mol. The summed E-state index contributed by atoms with van der Waals surface area (Å²) in [5.74, 6) is 0.0345. The summed E-state index contributed by atoms with van der Waals surface area (Å²) < 4.78 is 1.60. The lowest BCUT2D eigenvalue weighted by Crippen LogP contribution is -2.32. The lowest BCUT2D eigenvalue weighted by Gasteiger charge is -2.19. The lowest BCUT2D eigenvalue weighted by atomic mass is 10.1. The number of aromatic nitrogens is 2. The van der Waals surface area contributed by atoms with E-state index in [1.54, 1.807) is 22.9 Å². The van der Waals surface area contributed by atoms with Crippen molar-refractivity contribution in [3.63, 3.8) is 0 Å². The molecule has 0 fully saturated rings. The first-order valence-corrected chi connectivity index (χ1v) is 6.23. The van der Waals surface area contributed by atoms with Crippen LogP contribution in [0.2, 0.25) is 0 Å². The maximum atomic E-state index is 11.9. The van der Waals surface area contributed by atoms with Gasteiger partial charge in [-0.15, -0.1) is 0 Å². The molecule has 1 N–H and O–H groups in total. The van der Waals surface area contributed by atoms with E-state index in [1.165, 1.54) is 6.92 Å². The number of carbonyl (C=O) groups excluding carboxylic acids is 1. The zero-order valence-corrected chi connectivity index (χ0v) is 11.7. The van der Waals surface area contributed by atoms with Crippen LogP contribution in [-0.4, -0.2) is 15.6 Å². The topological polar surface area (TPSA) is 54.9 Å². The van der Waals surface area contributed by atoms with E-state index in [2.05, 4.69) is 5.10 Å². The van der Waals surface area contributed by atoms with Crippen LogP contribution < -0.4 is 5.56 Å². The lowest BCUT2D eigenvalue weighted by molar-refractivity contribution is 0.101. The fourth-order valence-corrected chi connectivity index (χ4v) is 1.93. The van der Waals surface area contributed by atoms with Gasteiger partial charge in [-0.1, -0.05) is 24.3 Å². The van der Waals surface area contributed by atoms with Crippen LogP contribution >= 0.6 is 0 Å². The Morgan fingerprint density at radius 3 is 2.16 bits per heavy atom. The van der Waals surface area contributed by atoms with Crippen LogP contribution in [0.4, 0.5) is 0 Å². The second-order valence-electron chi connectivity index (χ2n) is 5.65. The molecule has 0 bridgehead atoms. The molecule has 0 radical (unpaired) electrons. The zero-order valence-electron chi connectivity index (χ0n) is 11.7. The maximum Gasteiger partial charge on any atom is 0.267 e. The van der Waals surface area contributed by atoms with E-state index in [4.69, 9.17) is 0 Å². The van der Waals surface area contributed by atoms with Gasteiger partial charge in [-0.3, -0.25) is 14.7 Å². The standard InChI is InChI=1S/C15H18N2O2/c1-10(18)11-5-7-12(8-6-11)13-9-14(19)17(16-13)15(2,3)4/h5-9,16H,1-4H3. The first-order valence-electron chi connectivity index (χ1n) is 6.23. The number of hydrogen-bond donors (Lipinski definition) is 1. The number of hydrogen-bond acceptors (Lipinski definition) is 2. The van der Waals surface area contributed by atoms with E-state index in [9.17, 15) is 9.59 Å². The highest BCUT2D eigenvalue weighted by Gasteiger charge is 2.17. The van der Waals surface area contributed by atoms with Crippen LogP contribution in [-0.2, 0) is 5.54 Å². The van der Waals surface area contributed by atoms with E-state index in [-0.39, 0.29) is 16.9 Å². The molecule has 100 valence electrons. The number of H-pyrrole nitrogens is 1. The predicted octanol–water partition coefficient (Wildman–Crippen LogP) is 2.80. The van der Waals surface area contributed by atoms with Crippen molar-refractivity contribution >= 4 is 5.78 Å². The van der Waals surface area contributed by atoms with E-state index >= 15 is 0 Å². The van der Waals surface area contributed by atoms with Crippen LogP contribution in [0, 0.1) is 0 Å². The van der Waals surface area contributed by atoms with Crippen molar-refractivity contribution < 1.29 is 4.79 Å². The molecule has 4 heteroatoms. The summed E-state index contributed by atoms with van der Waals surface area (Å²) in [6.45, 7) is 7.43. The summed E-state index contributed by atoms with van der Waals surface area (Å²) in [5.41, 5.74) is 1.98. The monoisotopic (exact) mass is 258 g/mol. The van der Waals surface area contributed by atoms with Crippen molar-refractivity contribution in [3.8, 4) is 11.3 Å². The van der Waals surface area contributed by atoms with Crippen molar-refractivity contribution in [3.05, 3.63) is 46.2 Å². The van der Waals surface area contributed by atoms with Crippen LogP contribution in [0.5, 0.6) is 0 Å². The number of aromatic amines is 1. The third-order valence-corrected chi connectivity index (χ3v) is 2.99. The first-order chi connectivity index (χ1) is 8.79. The molecule has 0 spiro atoms. The van der Waals surface area contributed by atoms with E-state index in [0.29, 0.717) is 5.56 Å². The molecule has 4 nitrogen and oxygen atoms in total. The minimum Gasteiger partial charge on any atom is -0.295 e. The molecule has 0 aliphatic rings. The molecule has 0 aliphatic carbocycles. The second-order valence-corrected chi connectivity index (χ2v) is 5.65. The normalized spacial score (nSPS) is 11.6. The van der Waals surface area contributed by atoms with Gasteiger partial charge < -0.3 is 0 Å². The van der Waals surface area contributed by atoms with E-state index in [1.807, 2.05) is 32.9 Å². The summed E-state index contributed by atoms with van der Waals surface area (Å²) in [5, 5.41) is 3.11. The molecule has 2 rings (SSSR count). The van der Waals surface area contributed by atoms with Crippen LogP contribution in [0.15, 0.2) is 35.1 Å². The number of ketones is 1. The highest BCUT2D eigenvalue weighted by Crippen LogP contribution is 2.18. The van der Waals surface area contributed by atoms with Crippen LogP contribution in [0.1, 0.15) is 38.1 Å². The first kappa shape index (κ1) is 13.3. The van der Waals surface area contributed by atoms with Gasteiger partial charge in [0.15, 0.2) is 5.78 Å². The highest BCUT2D eigenvalue weighted by atomic mass is 16.1. The summed E-state index contributed by atoms with van der Waals surface area (Å²) in [4.78, 5) is 23.1. The minimum atomic E-state index is -0.283. The Balaban J connectivity index is 2.43. The van der Waals surface area contributed by atoms with Gasteiger partial charge >= 0.3 is 0 Å². The maximum absolute atomic E-state index is 11.9. The van der Waals surface area contributed by atoms with Crippen molar-refractivity contribution in [2.45, 2.75) is 33.2 Å². The fourth-order valence-electron chi connectivity index (χ4n) is 1.93. The second kappa shape index (κ2) is 4.53. The summed E-state index contributed by atoms with van der Waals surface area (Å²) in [7, 11) is 0. The van der Waals surface area contributed by atoms with Crippen molar-refractivity contribution in [1.29, 1.82) is 0 Å². The van der Waals surface area contributed by atoms with Crippen molar-refractivity contribution in [1.82, 2.24) is 9.78 Å². The third-order valence-electron chi connectivity index (χ3n) is 2.99. The molecule has 0 saturated heterocycles. The number of rotatable bonds is 2. The molecule has 2 aromatic rings. The van der Waals surface area contributed by atoms with Crippen molar-refractivity contribution in [2.24, 2.45) is 0 Å². The summed E-state index contributed by atoms with van der Waals surface area (Å²) >= 11 is 0. The molecule has 1 heterocycles. The molecular formula is C15H18N2O2. The van der Waals surface area contributed by atoms with Gasteiger partial charge in [0.1, 0.15) is 0 Å². The molecule has 0 aliphatic heterocycles. The number of benzene rings is 1. The molecule has 19 heavy (non-hydrogen) atoms. The van der Waals surface area contributed by atoms with Gasteiger partial charge in [0.05, 0.1) is 11.2 Å². The van der Waals surface area contributed by atoms with E-state index < -0.39 is 0 Å². The SMILES string of the molecule is CC(=O)c1ccc(-c2cc(=O)n(C(C)(C)C)[nH]2)cc1. The van der Waals surface area contributed by atoms with Gasteiger partial charge in [0, 0.05) is 11.6 Å². The Labute approximate surface area is 112 Å². The van der Waals surface area contributed by atoms with Gasteiger partial charge in [-0.2, -0.15) is 0 Å². The Kier molecular flexibility index (Phi) is 3.18. The summed E-state index contributed by atoms with van der Waals surface area (Å²) in [6, 6.07) is 8.80. The number of Topliss-reactive ketones (excluding diaryl/α,β-unsaturated/α-hetero) is 1. The number of nitrogens with zero attached hydrogens (tertiary/aromatic N) is 1. The van der Waals surface area contributed by atoms with Gasteiger partial charge in [-0.25, -0.2) is 4.68 Å². The molecule has 1 aromatic heterocycles. The number of carbonyl (C=O) groups is 1. The Bertz CT molecular complexity index is 655. The molecule has 0 unspecified atom stereocenters. The third kappa shape index (κ3) is 2.67. The fraction of sp³-hybridized carbons (Fsp3) is 0.333. The largest absolute Gasteiger partial charge is 0.295 e. The smallest absolute Gasteiger partial charge is 0.267 e. The quantitative estimate of drug-likeness (QED) is 0.842. The molecule has 0 amide bonds. The molecule has 1 aromatic carbocycles. The average Bonchev–Trinajstić information content (AvgIpc) is 2.71. The molecule has 0 saturated carbocycles. The van der Waals surface area contributed by atoms with E-state index in [0.717, 1.165) is 11.3 Å². The molecular weight excluding hydrogens is 240 g/mol. The Morgan fingerprint density at radius 1 is 1.16 bits per heavy atom. The highest BCUT2D eigenvalue weighted by molar-refractivity contribution is 5.94. The Hall–Kier alpha value is -2.10. The minimum absolute atomic E-state index is 0.0345. The van der Waals surface area contributed by atoms with Gasteiger partial charge in [0.25, 0.3) is 5.56 Å². The number of nitrogens with one attached hydrogen (secondary N) is 1. The summed E-state index contributed by atoms with van der Waals surface area (Å²) in [6.07, 6.45) is 0. The Morgan fingerprint density at radius 2 is 1.74 bits per heavy atom. The van der Waals surface area contributed by atoms with Gasteiger partial charge in [0.2, 0.25) is 0 Å². The zero-order chi connectivity index (χ0) is 14.2. The van der Waals surface area contributed by atoms with Crippen molar-refractivity contribution in [2.75, 3.05) is 0 Å².